The fourth-order valence-electron chi connectivity index (χ4n) is 5.06. The third kappa shape index (κ3) is 2.67. The number of hydrogen-bond acceptors (Lipinski definition) is 2. The lowest BCUT2D eigenvalue weighted by Gasteiger charge is -2.53. The lowest BCUT2D eigenvalue weighted by atomic mass is 9.51. The van der Waals surface area contributed by atoms with Gasteiger partial charge in [-0.05, 0) is 68.6 Å². The largest absolute Gasteiger partial charge is 0.356 e. The number of amides is 1. The van der Waals surface area contributed by atoms with Crippen LogP contribution in [0.25, 0.3) is 0 Å². The van der Waals surface area contributed by atoms with Gasteiger partial charge in [-0.25, -0.2) is 0 Å². The van der Waals surface area contributed by atoms with Crippen LogP contribution in [0.2, 0.25) is 0 Å². The summed E-state index contributed by atoms with van der Waals surface area (Å²) >= 11 is 0. The molecule has 0 aromatic heterocycles. The molecule has 108 valence electrons. The Kier molecular flexibility index (Phi) is 3.84. The normalized spacial score (nSPS) is 41.3. The van der Waals surface area contributed by atoms with Crippen LogP contribution in [-0.2, 0) is 4.79 Å². The van der Waals surface area contributed by atoms with Crippen molar-refractivity contribution in [2.75, 3.05) is 6.54 Å². The first kappa shape index (κ1) is 13.4. The van der Waals surface area contributed by atoms with Crippen molar-refractivity contribution < 1.29 is 4.79 Å². The third-order valence-corrected chi connectivity index (χ3v) is 5.87. The van der Waals surface area contributed by atoms with E-state index in [1.54, 1.807) is 0 Å². The molecule has 3 heteroatoms. The Morgan fingerprint density at radius 1 is 1.16 bits per heavy atom. The van der Waals surface area contributed by atoms with E-state index in [1.807, 2.05) is 0 Å². The molecule has 4 aliphatic carbocycles. The zero-order valence-electron chi connectivity index (χ0n) is 12.1. The number of rotatable bonds is 5. The highest BCUT2D eigenvalue weighted by atomic mass is 16.1. The molecule has 1 atom stereocenters. The molecule has 4 bridgehead atoms. The van der Waals surface area contributed by atoms with Crippen LogP contribution in [0, 0.1) is 29.6 Å². The van der Waals surface area contributed by atoms with Crippen LogP contribution in [0.1, 0.15) is 51.9 Å². The molecular weight excluding hydrogens is 236 g/mol. The van der Waals surface area contributed by atoms with Crippen molar-refractivity contribution in [3.05, 3.63) is 0 Å². The summed E-state index contributed by atoms with van der Waals surface area (Å²) in [5.74, 6) is 3.93. The van der Waals surface area contributed by atoms with Gasteiger partial charge in [0.25, 0.3) is 0 Å². The highest BCUT2D eigenvalue weighted by Crippen LogP contribution is 2.56. The summed E-state index contributed by atoms with van der Waals surface area (Å²) in [6.07, 6.45) is 8.63. The predicted octanol–water partition coefficient (Wildman–Crippen LogP) is 2.30. The van der Waals surface area contributed by atoms with Crippen LogP contribution >= 0.6 is 0 Å². The number of hydrogen-bond donors (Lipinski definition) is 2. The molecule has 0 aromatic rings. The quantitative estimate of drug-likeness (QED) is 0.800. The van der Waals surface area contributed by atoms with Gasteiger partial charge in [-0.3, -0.25) is 4.79 Å². The minimum absolute atomic E-state index is 0.235. The predicted molar refractivity (Wildman–Crippen MR) is 76.4 cm³/mol. The second-order valence-electron chi connectivity index (χ2n) is 7.20. The molecule has 3 N–H and O–H groups in total. The van der Waals surface area contributed by atoms with Crippen molar-refractivity contribution in [3.63, 3.8) is 0 Å². The van der Waals surface area contributed by atoms with Crippen molar-refractivity contribution in [2.45, 2.75) is 57.9 Å². The van der Waals surface area contributed by atoms with Crippen molar-refractivity contribution in [1.82, 2.24) is 5.32 Å². The molecule has 0 spiro atoms. The first-order valence-electron chi connectivity index (χ1n) is 8.20. The number of nitrogens with two attached hydrogens (primary N) is 1. The standard InChI is InChI=1S/C16H28N2O/c1-2-14(17)3-4-18-16(19)15-12-6-10-5-11(8-12)9-13(15)7-10/h10-15H,2-9,17H2,1H3,(H,18,19). The lowest BCUT2D eigenvalue weighted by Crippen LogP contribution is -2.51. The zero-order valence-corrected chi connectivity index (χ0v) is 12.1. The van der Waals surface area contributed by atoms with Crippen molar-refractivity contribution in [3.8, 4) is 0 Å². The summed E-state index contributed by atoms with van der Waals surface area (Å²) in [4.78, 5) is 12.5. The average molecular weight is 264 g/mol. The van der Waals surface area contributed by atoms with Crippen molar-refractivity contribution in [2.24, 2.45) is 35.3 Å². The second-order valence-corrected chi connectivity index (χ2v) is 7.20. The van der Waals surface area contributed by atoms with Crippen LogP contribution in [0.3, 0.4) is 0 Å². The van der Waals surface area contributed by atoms with Gasteiger partial charge in [0.15, 0.2) is 0 Å². The SMILES string of the molecule is CCC(N)CCNC(=O)C1C2CC3CC(C2)CC1C3. The molecular formula is C16H28N2O. The van der Waals surface area contributed by atoms with Gasteiger partial charge in [0.2, 0.25) is 5.91 Å². The van der Waals surface area contributed by atoms with Gasteiger partial charge in [0, 0.05) is 18.5 Å². The van der Waals surface area contributed by atoms with Crippen LogP contribution in [0.5, 0.6) is 0 Å². The maximum Gasteiger partial charge on any atom is 0.223 e. The maximum absolute atomic E-state index is 12.5. The molecule has 1 amide bonds. The number of carbonyl (C=O) groups excluding carboxylic acids is 1. The van der Waals surface area contributed by atoms with Crippen LogP contribution in [-0.4, -0.2) is 18.5 Å². The van der Waals surface area contributed by atoms with Gasteiger partial charge in [-0.1, -0.05) is 6.92 Å². The fourth-order valence-corrected chi connectivity index (χ4v) is 5.06. The van der Waals surface area contributed by atoms with Gasteiger partial charge in [0.1, 0.15) is 0 Å². The Bertz CT molecular complexity index is 314. The monoisotopic (exact) mass is 264 g/mol. The zero-order chi connectivity index (χ0) is 13.4. The van der Waals surface area contributed by atoms with Gasteiger partial charge >= 0.3 is 0 Å². The van der Waals surface area contributed by atoms with E-state index in [0.717, 1.165) is 31.2 Å². The van der Waals surface area contributed by atoms with Crippen LogP contribution in [0.4, 0.5) is 0 Å². The molecule has 0 saturated heterocycles. The van der Waals surface area contributed by atoms with Crippen LogP contribution in [0.15, 0.2) is 0 Å². The first-order valence-corrected chi connectivity index (χ1v) is 8.20. The Balaban J connectivity index is 1.53. The van der Waals surface area contributed by atoms with Gasteiger partial charge in [-0.15, -0.1) is 0 Å². The highest BCUT2D eigenvalue weighted by Gasteiger charge is 2.50. The molecule has 4 saturated carbocycles. The summed E-state index contributed by atoms with van der Waals surface area (Å²) in [5, 5.41) is 3.16. The molecule has 4 aliphatic rings. The van der Waals surface area contributed by atoms with E-state index < -0.39 is 0 Å². The van der Waals surface area contributed by atoms with E-state index in [0.29, 0.717) is 23.7 Å². The van der Waals surface area contributed by atoms with E-state index in [1.165, 1.54) is 32.1 Å². The van der Waals surface area contributed by atoms with E-state index in [2.05, 4.69) is 12.2 Å². The molecule has 1 unspecified atom stereocenters. The maximum atomic E-state index is 12.5. The summed E-state index contributed by atoms with van der Waals surface area (Å²) in [5.41, 5.74) is 5.90. The van der Waals surface area contributed by atoms with E-state index in [4.69, 9.17) is 5.73 Å². The minimum Gasteiger partial charge on any atom is -0.356 e. The minimum atomic E-state index is 0.235. The van der Waals surface area contributed by atoms with E-state index in [9.17, 15) is 4.79 Å². The summed E-state index contributed by atoms with van der Waals surface area (Å²) in [6, 6.07) is 0.235. The number of carbonyl (C=O) groups is 1. The Hall–Kier alpha value is -0.570. The molecule has 0 radical (unpaired) electrons. The molecule has 19 heavy (non-hydrogen) atoms. The molecule has 3 nitrogen and oxygen atoms in total. The average Bonchev–Trinajstić information content (AvgIpc) is 2.37. The van der Waals surface area contributed by atoms with Gasteiger partial charge in [-0.2, -0.15) is 0 Å². The summed E-state index contributed by atoms with van der Waals surface area (Å²) < 4.78 is 0. The molecule has 4 fully saturated rings. The Labute approximate surface area is 116 Å². The highest BCUT2D eigenvalue weighted by molar-refractivity contribution is 5.79. The first-order chi connectivity index (χ1) is 9.17. The van der Waals surface area contributed by atoms with E-state index >= 15 is 0 Å². The lowest BCUT2D eigenvalue weighted by molar-refractivity contribution is -0.138. The smallest absolute Gasteiger partial charge is 0.223 e. The Morgan fingerprint density at radius 2 is 1.74 bits per heavy atom. The molecule has 0 aliphatic heterocycles. The van der Waals surface area contributed by atoms with E-state index in [-0.39, 0.29) is 6.04 Å². The Morgan fingerprint density at radius 3 is 2.26 bits per heavy atom. The molecule has 0 aromatic carbocycles. The van der Waals surface area contributed by atoms with Crippen molar-refractivity contribution >= 4 is 5.91 Å². The molecule has 4 rings (SSSR count). The van der Waals surface area contributed by atoms with Crippen LogP contribution < -0.4 is 11.1 Å². The fraction of sp³-hybridized carbons (Fsp3) is 0.938. The van der Waals surface area contributed by atoms with Gasteiger partial charge < -0.3 is 11.1 Å². The second kappa shape index (κ2) is 5.43. The van der Waals surface area contributed by atoms with Crippen molar-refractivity contribution in [1.29, 1.82) is 0 Å². The number of nitrogens with one attached hydrogen (secondary N) is 1. The summed E-state index contributed by atoms with van der Waals surface area (Å²) in [6.45, 7) is 2.86. The molecule has 0 heterocycles. The summed E-state index contributed by atoms with van der Waals surface area (Å²) in [7, 11) is 0. The topological polar surface area (TPSA) is 55.1 Å². The third-order valence-electron chi connectivity index (χ3n) is 5.87. The van der Waals surface area contributed by atoms with Gasteiger partial charge in [0.05, 0.1) is 0 Å².